The topological polar surface area (TPSA) is 86.5 Å². The summed E-state index contributed by atoms with van der Waals surface area (Å²) in [4.78, 5) is 15.0. The molecule has 25 heavy (non-hydrogen) atoms. The maximum absolute atomic E-state index is 12.9. The van der Waals surface area contributed by atoms with Crippen molar-refractivity contribution < 1.29 is 9.53 Å². The summed E-state index contributed by atoms with van der Waals surface area (Å²) in [5.74, 6) is 0.655. The van der Waals surface area contributed by atoms with Gasteiger partial charge in [0.05, 0.1) is 18.7 Å². The molecule has 0 bridgehead atoms. The van der Waals surface area contributed by atoms with Crippen LogP contribution in [0.3, 0.4) is 0 Å². The van der Waals surface area contributed by atoms with Gasteiger partial charge in [-0.15, -0.1) is 0 Å². The van der Waals surface area contributed by atoms with Gasteiger partial charge in [-0.3, -0.25) is 9.36 Å². The van der Waals surface area contributed by atoms with Crippen LogP contribution in [0.15, 0.2) is 24.4 Å². The summed E-state index contributed by atoms with van der Waals surface area (Å²) in [5.41, 5.74) is 13.7. The number of carbonyl (C=O) groups excluding carboxylic acids is 1. The Morgan fingerprint density at radius 2 is 2.08 bits per heavy atom. The average molecular weight is 346 g/mol. The Balaban J connectivity index is 2.34. The number of methoxy groups -OCH3 is 1. The Morgan fingerprint density at radius 1 is 1.32 bits per heavy atom. The zero-order valence-electron chi connectivity index (χ0n) is 15.5. The van der Waals surface area contributed by atoms with Crippen molar-refractivity contribution >= 4 is 16.8 Å². The molecule has 0 unspecified atom stereocenters. The number of hydrogen-bond acceptors (Lipinski definition) is 5. The maximum atomic E-state index is 12.9. The number of aromatic nitrogens is 1. The largest absolute Gasteiger partial charge is 0.497 e. The van der Waals surface area contributed by atoms with E-state index in [1.807, 2.05) is 38.5 Å². The van der Waals surface area contributed by atoms with Crippen LogP contribution in [0.25, 0.3) is 10.9 Å². The SMILES string of the molecule is COc1ccc2c(CCN(C)C)cn(C(=O)[C@@H](N)CCCCN)c2c1. The minimum Gasteiger partial charge on any atom is -0.497 e. The van der Waals surface area contributed by atoms with Crippen LogP contribution in [0.4, 0.5) is 0 Å². The number of rotatable bonds is 9. The van der Waals surface area contributed by atoms with Gasteiger partial charge in [-0.25, -0.2) is 0 Å². The summed E-state index contributed by atoms with van der Waals surface area (Å²) in [6.45, 7) is 1.54. The first-order valence-corrected chi connectivity index (χ1v) is 8.80. The van der Waals surface area contributed by atoms with Gasteiger partial charge in [-0.2, -0.15) is 0 Å². The molecule has 0 fully saturated rings. The van der Waals surface area contributed by atoms with Crippen molar-refractivity contribution in [2.45, 2.75) is 31.7 Å². The molecule has 6 nitrogen and oxygen atoms in total. The number of carbonyl (C=O) groups is 1. The van der Waals surface area contributed by atoms with Crippen LogP contribution in [-0.4, -0.2) is 55.7 Å². The Labute approximate surface area is 149 Å². The van der Waals surface area contributed by atoms with E-state index in [1.54, 1.807) is 11.7 Å². The molecule has 2 aromatic rings. The van der Waals surface area contributed by atoms with Gasteiger partial charge in [0.1, 0.15) is 5.75 Å². The number of nitrogens with zero attached hydrogens (tertiary/aromatic N) is 2. The Bertz CT molecular complexity index is 709. The van der Waals surface area contributed by atoms with Crippen LogP contribution >= 0.6 is 0 Å². The smallest absolute Gasteiger partial charge is 0.247 e. The Kier molecular flexibility index (Phi) is 6.99. The molecular weight excluding hydrogens is 316 g/mol. The van der Waals surface area contributed by atoms with Crippen LogP contribution in [0.2, 0.25) is 0 Å². The monoisotopic (exact) mass is 346 g/mol. The lowest BCUT2D eigenvalue weighted by atomic mass is 10.1. The van der Waals surface area contributed by atoms with Gasteiger partial charge in [0, 0.05) is 24.2 Å². The molecule has 0 aliphatic rings. The summed E-state index contributed by atoms with van der Waals surface area (Å²) < 4.78 is 7.02. The average Bonchev–Trinajstić information content (AvgIpc) is 2.97. The molecule has 1 aromatic heterocycles. The Morgan fingerprint density at radius 3 is 2.72 bits per heavy atom. The molecule has 138 valence electrons. The zero-order chi connectivity index (χ0) is 18.4. The summed E-state index contributed by atoms with van der Waals surface area (Å²) in [5, 5.41) is 1.07. The van der Waals surface area contributed by atoms with Gasteiger partial charge in [0.2, 0.25) is 5.91 Å². The predicted molar refractivity (Wildman–Crippen MR) is 102 cm³/mol. The Hall–Kier alpha value is -1.89. The molecule has 0 spiro atoms. The zero-order valence-corrected chi connectivity index (χ0v) is 15.5. The molecule has 1 aromatic carbocycles. The van der Waals surface area contributed by atoms with Crippen molar-refractivity contribution in [2.24, 2.45) is 11.5 Å². The second-order valence-electron chi connectivity index (χ2n) is 6.69. The highest BCUT2D eigenvalue weighted by molar-refractivity contribution is 5.97. The molecule has 0 saturated heterocycles. The lowest BCUT2D eigenvalue weighted by Crippen LogP contribution is -2.34. The second kappa shape index (κ2) is 8.99. The molecule has 0 aliphatic heterocycles. The van der Waals surface area contributed by atoms with Crippen LogP contribution in [0.5, 0.6) is 5.75 Å². The van der Waals surface area contributed by atoms with Gasteiger partial charge >= 0.3 is 0 Å². The van der Waals surface area contributed by atoms with Crippen LogP contribution in [-0.2, 0) is 6.42 Å². The van der Waals surface area contributed by atoms with E-state index < -0.39 is 6.04 Å². The number of unbranched alkanes of at least 4 members (excludes halogenated alkanes) is 1. The van der Waals surface area contributed by atoms with E-state index in [0.29, 0.717) is 13.0 Å². The highest BCUT2D eigenvalue weighted by atomic mass is 16.5. The first-order valence-electron chi connectivity index (χ1n) is 8.80. The molecule has 1 atom stereocenters. The van der Waals surface area contributed by atoms with Crippen molar-refractivity contribution in [3.05, 3.63) is 30.0 Å². The van der Waals surface area contributed by atoms with Gasteiger partial charge in [0.25, 0.3) is 0 Å². The predicted octanol–water partition coefficient (Wildman–Crippen LogP) is 1.85. The molecule has 0 radical (unpaired) electrons. The van der Waals surface area contributed by atoms with Crippen molar-refractivity contribution in [2.75, 3.05) is 34.3 Å². The second-order valence-corrected chi connectivity index (χ2v) is 6.69. The van der Waals surface area contributed by atoms with Gasteiger partial charge in [0.15, 0.2) is 0 Å². The number of hydrogen-bond donors (Lipinski definition) is 2. The van der Waals surface area contributed by atoms with E-state index in [9.17, 15) is 4.79 Å². The number of nitrogens with two attached hydrogens (primary N) is 2. The summed E-state index contributed by atoms with van der Waals surface area (Å²) >= 11 is 0. The highest BCUT2D eigenvalue weighted by Gasteiger charge is 2.19. The third-order valence-corrected chi connectivity index (χ3v) is 4.45. The van der Waals surface area contributed by atoms with E-state index in [-0.39, 0.29) is 5.91 Å². The minimum atomic E-state index is -0.518. The third kappa shape index (κ3) is 4.81. The molecule has 0 amide bonds. The molecule has 0 aliphatic carbocycles. The van der Waals surface area contributed by atoms with Gasteiger partial charge in [-0.05, 0) is 57.6 Å². The van der Waals surface area contributed by atoms with Crippen molar-refractivity contribution in [1.29, 1.82) is 0 Å². The van der Waals surface area contributed by atoms with Crippen LogP contribution in [0, 0.1) is 0 Å². The summed E-state index contributed by atoms with van der Waals surface area (Å²) in [7, 11) is 5.71. The molecule has 1 heterocycles. The van der Waals surface area contributed by atoms with E-state index >= 15 is 0 Å². The van der Waals surface area contributed by atoms with Crippen molar-refractivity contribution in [3.8, 4) is 5.75 Å². The maximum Gasteiger partial charge on any atom is 0.247 e. The number of ether oxygens (including phenoxy) is 1. The van der Waals surface area contributed by atoms with E-state index in [0.717, 1.165) is 48.0 Å². The van der Waals surface area contributed by atoms with E-state index in [2.05, 4.69) is 4.90 Å². The van der Waals surface area contributed by atoms with Crippen molar-refractivity contribution in [1.82, 2.24) is 9.47 Å². The molecular formula is C19H30N4O2. The standard InChI is InChI=1S/C19H30N4O2/c1-22(2)11-9-14-13-23(19(24)17(21)6-4-5-10-20)18-12-15(25-3)7-8-16(14)18/h7-8,12-13,17H,4-6,9-11,20-21H2,1-3H3/t17-/m0/s1. The lowest BCUT2D eigenvalue weighted by Gasteiger charge is -2.12. The number of likely N-dealkylation sites (N-methyl/N-ethyl adjacent to an activating group) is 1. The number of benzene rings is 1. The summed E-state index contributed by atoms with van der Waals surface area (Å²) in [6, 6.07) is 5.33. The minimum absolute atomic E-state index is 0.0774. The molecule has 6 heteroatoms. The number of fused-ring (bicyclic) bond motifs is 1. The van der Waals surface area contributed by atoms with Gasteiger partial charge in [-0.1, -0.05) is 6.42 Å². The normalized spacial score (nSPS) is 12.7. The van der Waals surface area contributed by atoms with E-state index in [4.69, 9.17) is 16.2 Å². The fraction of sp³-hybridized carbons (Fsp3) is 0.526. The molecule has 2 rings (SSSR count). The quantitative estimate of drug-likeness (QED) is 0.677. The van der Waals surface area contributed by atoms with Gasteiger partial charge < -0.3 is 21.1 Å². The molecule has 4 N–H and O–H groups in total. The third-order valence-electron chi connectivity index (χ3n) is 4.45. The summed E-state index contributed by atoms with van der Waals surface area (Å²) in [6.07, 6.45) is 5.19. The van der Waals surface area contributed by atoms with E-state index in [1.165, 1.54) is 0 Å². The van der Waals surface area contributed by atoms with Crippen LogP contribution in [0.1, 0.15) is 29.6 Å². The lowest BCUT2D eigenvalue weighted by molar-refractivity contribution is 0.0879. The first-order chi connectivity index (χ1) is 12.0. The first kappa shape index (κ1) is 19.4. The van der Waals surface area contributed by atoms with Crippen molar-refractivity contribution in [3.63, 3.8) is 0 Å². The fourth-order valence-corrected chi connectivity index (χ4v) is 2.94. The molecule has 0 saturated carbocycles. The highest BCUT2D eigenvalue weighted by Crippen LogP contribution is 2.27. The fourth-order valence-electron chi connectivity index (χ4n) is 2.94. The van der Waals surface area contributed by atoms with Crippen LogP contribution < -0.4 is 16.2 Å².